The van der Waals surface area contributed by atoms with E-state index in [1.807, 2.05) is 12.1 Å². The molecule has 3 heteroatoms. The molecule has 3 rings (SSSR count). The average Bonchev–Trinajstić information content (AvgIpc) is 3.02. The Morgan fingerprint density at radius 2 is 2.17 bits per heavy atom. The molecule has 1 N–H and O–H groups in total. The molecule has 2 aliphatic rings. The Hall–Kier alpha value is -1.77. The summed E-state index contributed by atoms with van der Waals surface area (Å²) < 4.78 is 5.15. The third kappa shape index (κ3) is 2.56. The lowest BCUT2D eigenvalue weighted by atomic mass is 9.47. The van der Waals surface area contributed by atoms with E-state index < -0.39 is 5.97 Å². The second-order valence-electron chi connectivity index (χ2n) is 7.67. The Kier molecular flexibility index (Phi) is 3.99. The lowest BCUT2D eigenvalue weighted by Gasteiger charge is -2.56. The number of carbonyl (C=O) groups is 1. The van der Waals surface area contributed by atoms with Crippen molar-refractivity contribution in [2.75, 3.05) is 0 Å². The molecule has 0 aromatic carbocycles. The Morgan fingerprint density at radius 3 is 2.83 bits per heavy atom. The first-order chi connectivity index (χ1) is 10.9. The van der Waals surface area contributed by atoms with Crippen LogP contribution in [0.25, 0.3) is 6.08 Å². The average molecular weight is 314 g/mol. The molecule has 1 heterocycles. The highest BCUT2D eigenvalue weighted by molar-refractivity contribution is 5.88. The van der Waals surface area contributed by atoms with Crippen molar-refractivity contribution in [1.29, 1.82) is 0 Å². The standard InChI is InChI=1S/C20H26O3/c1-14-7-10-20(3)16(18(21)22)5-4-6-17(20)19(14,2)11-8-15-9-12-23-13-15/h5,8-9,11-14,17H,4,6-7,10H2,1-3H3,(H,21,22)/b11-8+/t14-,17-,19+,20+/m1/s1. The number of aliphatic carboxylic acids is 1. The molecule has 0 bridgehead atoms. The molecule has 23 heavy (non-hydrogen) atoms. The van der Waals surface area contributed by atoms with Crippen LogP contribution in [0, 0.1) is 22.7 Å². The first kappa shape index (κ1) is 16.1. The summed E-state index contributed by atoms with van der Waals surface area (Å²) in [6, 6.07) is 1.95. The maximum Gasteiger partial charge on any atom is 0.331 e. The molecule has 1 aromatic heterocycles. The van der Waals surface area contributed by atoms with E-state index in [0.717, 1.165) is 31.2 Å². The lowest BCUT2D eigenvalue weighted by Crippen LogP contribution is -2.50. The lowest BCUT2D eigenvalue weighted by molar-refractivity contribution is -0.136. The summed E-state index contributed by atoms with van der Waals surface area (Å²) in [7, 11) is 0. The topological polar surface area (TPSA) is 50.4 Å². The van der Waals surface area contributed by atoms with Gasteiger partial charge in [-0.15, -0.1) is 0 Å². The largest absolute Gasteiger partial charge is 0.478 e. The molecular weight excluding hydrogens is 288 g/mol. The molecule has 0 amide bonds. The van der Waals surface area contributed by atoms with Crippen LogP contribution in [-0.4, -0.2) is 11.1 Å². The maximum absolute atomic E-state index is 11.8. The molecule has 0 saturated heterocycles. The zero-order valence-electron chi connectivity index (χ0n) is 14.2. The fraction of sp³-hybridized carbons (Fsp3) is 0.550. The highest BCUT2D eigenvalue weighted by Crippen LogP contribution is 2.61. The minimum absolute atomic E-state index is 0.000764. The van der Waals surface area contributed by atoms with Gasteiger partial charge in [-0.05, 0) is 49.0 Å². The molecule has 1 saturated carbocycles. The third-order valence-electron chi connectivity index (χ3n) is 6.51. The van der Waals surface area contributed by atoms with Gasteiger partial charge in [0.2, 0.25) is 0 Å². The first-order valence-electron chi connectivity index (χ1n) is 8.53. The maximum atomic E-state index is 11.8. The van der Waals surface area contributed by atoms with Crippen molar-refractivity contribution < 1.29 is 14.3 Å². The molecule has 0 spiro atoms. The molecule has 124 valence electrons. The second-order valence-corrected chi connectivity index (χ2v) is 7.67. The molecule has 1 aromatic rings. The number of rotatable bonds is 3. The van der Waals surface area contributed by atoms with E-state index in [9.17, 15) is 9.90 Å². The highest BCUT2D eigenvalue weighted by atomic mass is 16.4. The van der Waals surface area contributed by atoms with Gasteiger partial charge in [0, 0.05) is 16.6 Å². The molecule has 0 unspecified atom stereocenters. The summed E-state index contributed by atoms with van der Waals surface area (Å²) in [6.45, 7) is 6.77. The van der Waals surface area contributed by atoms with E-state index in [-0.39, 0.29) is 10.8 Å². The van der Waals surface area contributed by atoms with Crippen LogP contribution < -0.4 is 0 Å². The van der Waals surface area contributed by atoms with Crippen LogP contribution in [-0.2, 0) is 4.79 Å². The quantitative estimate of drug-likeness (QED) is 0.838. The number of allylic oxidation sites excluding steroid dienone is 2. The van der Waals surface area contributed by atoms with Crippen molar-refractivity contribution in [1.82, 2.24) is 0 Å². The number of carboxylic acid groups (broad SMARTS) is 1. The van der Waals surface area contributed by atoms with Crippen LogP contribution in [0.4, 0.5) is 0 Å². The van der Waals surface area contributed by atoms with Gasteiger partial charge >= 0.3 is 5.97 Å². The van der Waals surface area contributed by atoms with E-state index in [1.54, 1.807) is 12.5 Å². The monoisotopic (exact) mass is 314 g/mol. The Labute approximate surface area is 138 Å². The van der Waals surface area contributed by atoms with Crippen molar-refractivity contribution in [2.24, 2.45) is 22.7 Å². The molecule has 3 nitrogen and oxygen atoms in total. The summed E-state index contributed by atoms with van der Waals surface area (Å²) in [5.74, 6) is 0.155. The fourth-order valence-electron chi connectivity index (χ4n) is 4.87. The molecular formula is C20H26O3. The van der Waals surface area contributed by atoms with Crippen molar-refractivity contribution >= 4 is 12.0 Å². The van der Waals surface area contributed by atoms with Gasteiger partial charge in [0.1, 0.15) is 0 Å². The number of carboxylic acids is 1. The fourth-order valence-corrected chi connectivity index (χ4v) is 4.87. The van der Waals surface area contributed by atoms with Crippen molar-refractivity contribution in [2.45, 2.75) is 46.5 Å². The summed E-state index contributed by atoms with van der Waals surface area (Å²) in [4.78, 5) is 11.8. The van der Waals surface area contributed by atoms with Crippen LogP contribution in [0.1, 0.15) is 52.0 Å². The first-order valence-corrected chi connectivity index (χ1v) is 8.53. The minimum Gasteiger partial charge on any atom is -0.478 e. The van der Waals surface area contributed by atoms with Crippen LogP contribution in [0.5, 0.6) is 0 Å². The van der Waals surface area contributed by atoms with E-state index in [2.05, 4.69) is 32.9 Å². The second kappa shape index (κ2) is 5.70. The molecule has 0 aliphatic heterocycles. The predicted molar refractivity (Wildman–Crippen MR) is 90.8 cm³/mol. The van der Waals surface area contributed by atoms with Crippen molar-refractivity contribution in [3.05, 3.63) is 41.9 Å². The Balaban J connectivity index is 1.99. The van der Waals surface area contributed by atoms with Crippen LogP contribution >= 0.6 is 0 Å². The van der Waals surface area contributed by atoms with E-state index in [4.69, 9.17) is 4.42 Å². The zero-order chi connectivity index (χ0) is 16.7. The molecule has 2 aliphatic carbocycles. The molecule has 1 fully saturated rings. The van der Waals surface area contributed by atoms with Crippen LogP contribution in [0.3, 0.4) is 0 Å². The van der Waals surface area contributed by atoms with Gasteiger partial charge in [-0.3, -0.25) is 0 Å². The molecule has 4 atom stereocenters. The van der Waals surface area contributed by atoms with Crippen molar-refractivity contribution in [3.8, 4) is 0 Å². The summed E-state index contributed by atoms with van der Waals surface area (Å²) in [6.07, 6.45) is 13.8. The van der Waals surface area contributed by atoms with E-state index in [0.29, 0.717) is 17.4 Å². The molecule has 0 radical (unpaired) electrons. The van der Waals surface area contributed by atoms with Gasteiger partial charge in [-0.25, -0.2) is 4.79 Å². The van der Waals surface area contributed by atoms with Gasteiger partial charge in [0.15, 0.2) is 0 Å². The SMILES string of the molecule is C[C@@H]1CC[C@@]2(C)C(C(=O)O)=CCC[C@@H]2[C@@]1(C)/C=C/c1ccoc1. The van der Waals surface area contributed by atoms with Crippen molar-refractivity contribution in [3.63, 3.8) is 0 Å². The minimum atomic E-state index is -0.743. The highest BCUT2D eigenvalue weighted by Gasteiger charge is 2.54. The zero-order valence-corrected chi connectivity index (χ0v) is 14.2. The number of hydrogen-bond donors (Lipinski definition) is 1. The Morgan fingerprint density at radius 1 is 1.39 bits per heavy atom. The van der Waals surface area contributed by atoms with Crippen LogP contribution in [0.2, 0.25) is 0 Å². The summed E-state index contributed by atoms with van der Waals surface area (Å²) >= 11 is 0. The van der Waals surface area contributed by atoms with E-state index >= 15 is 0 Å². The smallest absolute Gasteiger partial charge is 0.331 e. The summed E-state index contributed by atoms with van der Waals surface area (Å²) in [5.41, 5.74) is 1.46. The van der Waals surface area contributed by atoms with Gasteiger partial charge < -0.3 is 9.52 Å². The third-order valence-corrected chi connectivity index (χ3v) is 6.51. The number of fused-ring (bicyclic) bond motifs is 1. The number of furan rings is 1. The van der Waals surface area contributed by atoms with Crippen LogP contribution in [0.15, 0.2) is 40.7 Å². The van der Waals surface area contributed by atoms with Gasteiger partial charge in [-0.1, -0.05) is 39.0 Å². The van der Waals surface area contributed by atoms with Gasteiger partial charge in [-0.2, -0.15) is 0 Å². The predicted octanol–water partition coefficient (Wildman–Crippen LogP) is 5.16. The normalized spacial score (nSPS) is 37.4. The Bertz CT molecular complexity index is 640. The van der Waals surface area contributed by atoms with Gasteiger partial charge in [0.05, 0.1) is 12.5 Å². The summed E-state index contributed by atoms with van der Waals surface area (Å²) in [5, 5.41) is 9.66. The van der Waals surface area contributed by atoms with Gasteiger partial charge in [0.25, 0.3) is 0 Å². The van der Waals surface area contributed by atoms with E-state index in [1.165, 1.54) is 0 Å². The number of hydrogen-bond acceptors (Lipinski definition) is 2.